The maximum atomic E-state index is 12.1. The number of thioether (sulfide) groups is 1. The molecule has 0 unspecified atom stereocenters. The molecule has 1 aliphatic rings. The highest BCUT2D eigenvalue weighted by Gasteiger charge is 2.29. The minimum Gasteiger partial charge on any atom is -0.460 e. The first-order valence-corrected chi connectivity index (χ1v) is 10.5. The number of nitrogens with zero attached hydrogens (tertiary/aromatic N) is 1. The first-order chi connectivity index (χ1) is 12.3. The monoisotopic (exact) mass is 377 g/mol. The van der Waals surface area contributed by atoms with Gasteiger partial charge in [-0.3, -0.25) is 9.59 Å². The number of carbonyl (C=O) groups excluding carboxylic acids is 2. The van der Waals surface area contributed by atoms with Crippen molar-refractivity contribution in [1.82, 2.24) is 4.98 Å². The quantitative estimate of drug-likeness (QED) is 0.361. The van der Waals surface area contributed by atoms with E-state index in [-0.39, 0.29) is 17.0 Å². The number of esters is 1. The summed E-state index contributed by atoms with van der Waals surface area (Å²) in [4.78, 5) is 28.3. The van der Waals surface area contributed by atoms with E-state index in [2.05, 4.69) is 4.98 Å². The molecular weight excluding hydrogens is 346 g/mol. The molecule has 4 nitrogen and oxygen atoms in total. The highest BCUT2D eigenvalue weighted by atomic mass is 32.2. The van der Waals surface area contributed by atoms with Crippen molar-refractivity contribution in [3.8, 4) is 0 Å². The Morgan fingerprint density at radius 1 is 1.15 bits per heavy atom. The van der Waals surface area contributed by atoms with Gasteiger partial charge in [0.05, 0.1) is 5.92 Å². The van der Waals surface area contributed by atoms with Crippen LogP contribution in [-0.4, -0.2) is 21.7 Å². The van der Waals surface area contributed by atoms with Crippen molar-refractivity contribution in [1.29, 1.82) is 0 Å². The van der Waals surface area contributed by atoms with Crippen LogP contribution in [0.2, 0.25) is 0 Å². The van der Waals surface area contributed by atoms with Gasteiger partial charge in [-0.2, -0.15) is 0 Å². The highest BCUT2D eigenvalue weighted by molar-refractivity contribution is 8.13. The average molecular weight is 378 g/mol. The number of hydrogen-bond acceptors (Lipinski definition) is 5. The normalized spacial score (nSPS) is 20.6. The minimum absolute atomic E-state index is 0.0342. The van der Waals surface area contributed by atoms with E-state index in [9.17, 15) is 9.59 Å². The van der Waals surface area contributed by atoms with E-state index >= 15 is 0 Å². The molecule has 0 amide bonds. The van der Waals surface area contributed by atoms with Crippen LogP contribution in [0, 0.1) is 11.8 Å². The van der Waals surface area contributed by atoms with E-state index in [4.69, 9.17) is 4.74 Å². The fourth-order valence-corrected chi connectivity index (χ4v) is 4.09. The molecule has 0 saturated heterocycles. The molecule has 1 saturated carbocycles. The fourth-order valence-electron chi connectivity index (χ4n) is 3.35. The summed E-state index contributed by atoms with van der Waals surface area (Å²) in [6.07, 6.45) is 9.56. The molecule has 0 atom stereocenters. The van der Waals surface area contributed by atoms with Gasteiger partial charge in [0, 0.05) is 12.6 Å². The van der Waals surface area contributed by atoms with Crippen LogP contribution in [0.25, 0.3) is 0 Å². The van der Waals surface area contributed by atoms with Crippen molar-refractivity contribution in [3.05, 3.63) is 24.4 Å². The maximum absolute atomic E-state index is 12.1. The number of ether oxygens (including phenoxy) is 1. The van der Waals surface area contributed by atoms with E-state index < -0.39 is 5.60 Å². The van der Waals surface area contributed by atoms with E-state index in [1.807, 2.05) is 39.0 Å². The second-order valence-corrected chi connectivity index (χ2v) is 9.22. The van der Waals surface area contributed by atoms with Crippen molar-refractivity contribution in [2.24, 2.45) is 11.8 Å². The van der Waals surface area contributed by atoms with Gasteiger partial charge in [-0.05, 0) is 82.7 Å². The molecule has 1 heterocycles. The average Bonchev–Trinajstić information content (AvgIpc) is 2.58. The number of pyridine rings is 1. The molecule has 26 heavy (non-hydrogen) atoms. The lowest BCUT2D eigenvalue weighted by Gasteiger charge is -2.29. The molecule has 1 aromatic rings. The van der Waals surface area contributed by atoms with Crippen LogP contribution in [-0.2, 0) is 14.3 Å². The Morgan fingerprint density at radius 3 is 2.50 bits per heavy atom. The summed E-state index contributed by atoms with van der Waals surface area (Å²) in [5.41, 5.74) is -0.395. The van der Waals surface area contributed by atoms with E-state index in [1.54, 1.807) is 6.20 Å². The molecule has 0 aliphatic heterocycles. The van der Waals surface area contributed by atoms with Gasteiger partial charge in [0.2, 0.25) is 0 Å². The standard InChI is InChI=1S/C21H31NO3S/c1-21(2,3)25-20(24)17-13-11-16(12-14-17)8-4-5-10-19(23)26-18-9-6-7-15-22-18/h6-7,9,15-17H,4-5,8,10-14H2,1-3H3. The Labute approximate surface area is 161 Å². The van der Waals surface area contributed by atoms with Crippen LogP contribution in [0.5, 0.6) is 0 Å². The van der Waals surface area contributed by atoms with Gasteiger partial charge in [-0.15, -0.1) is 0 Å². The summed E-state index contributed by atoms with van der Waals surface area (Å²) in [5.74, 6) is 0.724. The van der Waals surface area contributed by atoms with Crippen LogP contribution < -0.4 is 0 Å². The van der Waals surface area contributed by atoms with Gasteiger partial charge in [0.15, 0.2) is 5.12 Å². The molecule has 5 heteroatoms. The predicted molar refractivity (Wildman–Crippen MR) is 105 cm³/mol. The minimum atomic E-state index is -0.395. The van der Waals surface area contributed by atoms with Gasteiger partial charge in [0.25, 0.3) is 0 Å². The molecule has 2 rings (SSSR count). The van der Waals surface area contributed by atoms with Crippen LogP contribution in [0.3, 0.4) is 0 Å². The number of hydrogen-bond donors (Lipinski definition) is 0. The number of unbranched alkanes of at least 4 members (excludes halogenated alkanes) is 1. The van der Waals surface area contributed by atoms with Crippen LogP contribution in [0.1, 0.15) is 72.1 Å². The summed E-state index contributed by atoms with van der Waals surface area (Å²) in [5, 5.41) is 0.968. The number of carbonyl (C=O) groups is 2. The molecule has 0 aromatic carbocycles. The highest BCUT2D eigenvalue weighted by Crippen LogP contribution is 2.33. The smallest absolute Gasteiger partial charge is 0.309 e. The van der Waals surface area contributed by atoms with Gasteiger partial charge >= 0.3 is 5.97 Å². The zero-order valence-electron chi connectivity index (χ0n) is 16.2. The lowest BCUT2D eigenvalue weighted by Crippen LogP contribution is -2.31. The van der Waals surface area contributed by atoms with Gasteiger partial charge in [-0.25, -0.2) is 4.98 Å². The van der Waals surface area contributed by atoms with E-state index in [0.29, 0.717) is 12.3 Å². The molecule has 144 valence electrons. The predicted octanol–water partition coefficient (Wildman–Crippen LogP) is 5.41. The van der Waals surface area contributed by atoms with Crippen molar-refractivity contribution in [2.45, 2.75) is 82.8 Å². The first kappa shape index (κ1) is 20.9. The fraction of sp³-hybridized carbons (Fsp3) is 0.667. The summed E-state index contributed by atoms with van der Waals surface area (Å²) in [6.45, 7) is 5.76. The second kappa shape index (κ2) is 10.1. The number of aromatic nitrogens is 1. The zero-order valence-corrected chi connectivity index (χ0v) is 17.0. The topological polar surface area (TPSA) is 56.3 Å². The third-order valence-electron chi connectivity index (χ3n) is 4.69. The van der Waals surface area contributed by atoms with Crippen molar-refractivity contribution in [3.63, 3.8) is 0 Å². The first-order valence-electron chi connectivity index (χ1n) is 9.68. The summed E-state index contributed by atoms with van der Waals surface area (Å²) in [6, 6.07) is 5.62. The van der Waals surface area contributed by atoms with Crippen LogP contribution in [0.4, 0.5) is 0 Å². The summed E-state index contributed by atoms with van der Waals surface area (Å²) < 4.78 is 5.50. The number of rotatable bonds is 7. The zero-order chi connectivity index (χ0) is 19.0. The molecule has 1 aromatic heterocycles. The molecule has 0 bridgehead atoms. The van der Waals surface area contributed by atoms with Gasteiger partial charge in [-0.1, -0.05) is 18.9 Å². The van der Waals surface area contributed by atoms with Gasteiger partial charge < -0.3 is 4.74 Å². The Kier molecular flexibility index (Phi) is 8.14. The van der Waals surface area contributed by atoms with Crippen molar-refractivity contribution >= 4 is 22.8 Å². The Morgan fingerprint density at radius 2 is 1.88 bits per heavy atom. The lowest BCUT2D eigenvalue weighted by molar-refractivity contribution is -0.161. The Balaban J connectivity index is 1.57. The molecule has 0 spiro atoms. The maximum Gasteiger partial charge on any atom is 0.309 e. The van der Waals surface area contributed by atoms with E-state index in [0.717, 1.165) is 50.0 Å². The van der Waals surface area contributed by atoms with Crippen molar-refractivity contribution < 1.29 is 14.3 Å². The molecular formula is C21H31NO3S. The SMILES string of the molecule is CC(C)(C)OC(=O)C1CCC(CCCCC(=O)Sc2ccccn2)CC1. The second-order valence-electron chi connectivity index (χ2n) is 8.14. The summed E-state index contributed by atoms with van der Waals surface area (Å²) in [7, 11) is 0. The third kappa shape index (κ3) is 7.90. The Hall–Kier alpha value is -1.36. The molecule has 0 radical (unpaired) electrons. The van der Waals surface area contributed by atoms with Gasteiger partial charge in [0.1, 0.15) is 10.6 Å². The molecule has 0 N–H and O–H groups in total. The molecule has 1 fully saturated rings. The third-order valence-corrected chi connectivity index (χ3v) is 5.57. The van der Waals surface area contributed by atoms with E-state index in [1.165, 1.54) is 11.8 Å². The summed E-state index contributed by atoms with van der Waals surface area (Å²) >= 11 is 1.24. The van der Waals surface area contributed by atoms with Crippen LogP contribution in [0.15, 0.2) is 29.4 Å². The Bertz CT molecular complexity index is 575. The lowest BCUT2D eigenvalue weighted by atomic mass is 9.79. The largest absolute Gasteiger partial charge is 0.460 e. The van der Waals surface area contributed by atoms with Crippen molar-refractivity contribution in [2.75, 3.05) is 0 Å². The molecule has 1 aliphatic carbocycles. The van der Waals surface area contributed by atoms with Crippen LogP contribution >= 0.6 is 11.8 Å².